The van der Waals surface area contributed by atoms with Crippen LogP contribution < -0.4 is 9.47 Å². The third-order valence-corrected chi connectivity index (χ3v) is 4.38. The molecule has 1 aromatic heterocycles. The predicted molar refractivity (Wildman–Crippen MR) is 93.1 cm³/mol. The Hall–Kier alpha value is -2.47. The smallest absolute Gasteiger partial charge is 0.330 e. The van der Waals surface area contributed by atoms with Crippen LogP contribution in [0.2, 0.25) is 0 Å². The van der Waals surface area contributed by atoms with Gasteiger partial charge in [0.15, 0.2) is 11.5 Å². The summed E-state index contributed by atoms with van der Waals surface area (Å²) in [5.41, 5.74) is 0.837. The molecule has 1 N–H and O–H groups in total. The van der Waals surface area contributed by atoms with E-state index in [1.165, 1.54) is 20.3 Å². The molecule has 0 aliphatic heterocycles. The van der Waals surface area contributed by atoms with Gasteiger partial charge in [0.2, 0.25) is 5.75 Å². The fourth-order valence-electron chi connectivity index (χ4n) is 2.30. The number of hydrogen-bond donors (Lipinski definition) is 1. The average Bonchev–Trinajstić information content (AvgIpc) is 3.10. The van der Waals surface area contributed by atoms with E-state index in [9.17, 15) is 9.90 Å². The Balaban J connectivity index is 2.46. The summed E-state index contributed by atoms with van der Waals surface area (Å²) in [6, 6.07) is 7.40. The summed E-state index contributed by atoms with van der Waals surface area (Å²) in [6.07, 6.45) is 3.19. The van der Waals surface area contributed by atoms with Gasteiger partial charge in [0, 0.05) is 16.9 Å². The van der Waals surface area contributed by atoms with Crippen molar-refractivity contribution in [2.24, 2.45) is 0 Å². The van der Waals surface area contributed by atoms with Crippen molar-refractivity contribution in [1.29, 1.82) is 0 Å². The molecule has 0 fully saturated rings. The first-order chi connectivity index (χ1) is 11.6. The largest absolute Gasteiger partial charge is 0.502 e. The van der Waals surface area contributed by atoms with Gasteiger partial charge in [-0.25, -0.2) is 4.79 Å². The minimum absolute atomic E-state index is 0.0527. The van der Waals surface area contributed by atoms with Crippen LogP contribution >= 0.6 is 11.3 Å². The van der Waals surface area contributed by atoms with E-state index in [1.807, 2.05) is 17.5 Å². The van der Waals surface area contributed by atoms with Crippen molar-refractivity contribution in [3.8, 4) is 17.2 Å². The van der Waals surface area contributed by atoms with Gasteiger partial charge < -0.3 is 19.3 Å². The molecular weight excluding hydrogens is 328 g/mol. The molecule has 0 aliphatic carbocycles. The van der Waals surface area contributed by atoms with Gasteiger partial charge in [0.1, 0.15) is 0 Å². The third-order valence-electron chi connectivity index (χ3n) is 3.42. The van der Waals surface area contributed by atoms with Gasteiger partial charge >= 0.3 is 5.97 Å². The van der Waals surface area contributed by atoms with Crippen LogP contribution in [0, 0.1) is 0 Å². The first-order valence-corrected chi connectivity index (χ1v) is 8.31. The van der Waals surface area contributed by atoms with E-state index in [0.29, 0.717) is 18.1 Å². The highest BCUT2D eigenvalue weighted by Gasteiger charge is 2.18. The van der Waals surface area contributed by atoms with Crippen LogP contribution in [0.5, 0.6) is 17.2 Å². The number of allylic oxidation sites excluding steroid dienone is 1. The molecule has 0 bridgehead atoms. The molecule has 0 radical (unpaired) electrons. The first kappa shape index (κ1) is 17.9. The monoisotopic (exact) mass is 348 g/mol. The number of benzene rings is 1. The van der Waals surface area contributed by atoms with E-state index in [-0.39, 0.29) is 11.7 Å². The van der Waals surface area contributed by atoms with E-state index < -0.39 is 5.97 Å². The lowest BCUT2D eigenvalue weighted by molar-refractivity contribution is -0.137. The summed E-state index contributed by atoms with van der Waals surface area (Å²) in [6.45, 7) is 2.09. The van der Waals surface area contributed by atoms with Gasteiger partial charge in [-0.1, -0.05) is 12.1 Å². The normalized spacial score (nSPS) is 12.1. The fraction of sp³-hybridized carbons (Fsp3) is 0.278. The standard InChI is InChI=1S/C18H20O5S/c1-4-23-17(19)8-7-13(16-6-5-9-24-16)12-10-14(21-2)18(20)15(11-12)22-3/h5-11,13,20H,4H2,1-3H3/b8-7+. The molecular formula is C18H20O5S. The summed E-state index contributed by atoms with van der Waals surface area (Å²) in [7, 11) is 2.96. The molecule has 1 unspecified atom stereocenters. The maximum Gasteiger partial charge on any atom is 0.330 e. The lowest BCUT2D eigenvalue weighted by atomic mass is 9.96. The lowest BCUT2D eigenvalue weighted by Gasteiger charge is -2.16. The Bertz CT molecular complexity index is 681. The van der Waals surface area contributed by atoms with E-state index in [4.69, 9.17) is 14.2 Å². The van der Waals surface area contributed by atoms with Crippen molar-refractivity contribution in [1.82, 2.24) is 0 Å². The Morgan fingerprint density at radius 2 is 1.96 bits per heavy atom. The van der Waals surface area contributed by atoms with E-state index in [2.05, 4.69) is 0 Å². The van der Waals surface area contributed by atoms with E-state index in [1.54, 1.807) is 36.5 Å². The predicted octanol–water partition coefficient (Wildman–Crippen LogP) is 3.72. The molecule has 0 amide bonds. The second-order valence-electron chi connectivity index (χ2n) is 4.88. The molecule has 6 heteroatoms. The second kappa shape index (κ2) is 8.40. The minimum atomic E-state index is -0.392. The van der Waals surface area contributed by atoms with Crippen molar-refractivity contribution < 1.29 is 24.1 Å². The molecule has 2 rings (SSSR count). The molecule has 1 aromatic carbocycles. The quantitative estimate of drug-likeness (QED) is 0.610. The number of carbonyl (C=O) groups is 1. The number of ether oxygens (including phenoxy) is 3. The minimum Gasteiger partial charge on any atom is -0.502 e. The number of phenols is 1. The van der Waals surface area contributed by atoms with Crippen LogP contribution in [0.15, 0.2) is 41.8 Å². The highest BCUT2D eigenvalue weighted by molar-refractivity contribution is 7.10. The highest BCUT2D eigenvalue weighted by Crippen LogP contribution is 2.41. The molecule has 0 aliphatic rings. The summed E-state index contributed by atoms with van der Waals surface area (Å²) >= 11 is 1.57. The lowest BCUT2D eigenvalue weighted by Crippen LogP contribution is -2.02. The number of methoxy groups -OCH3 is 2. The topological polar surface area (TPSA) is 65.0 Å². The van der Waals surface area contributed by atoms with Crippen LogP contribution in [0.1, 0.15) is 23.3 Å². The van der Waals surface area contributed by atoms with Crippen LogP contribution in [0.3, 0.4) is 0 Å². The zero-order chi connectivity index (χ0) is 17.5. The van der Waals surface area contributed by atoms with Crippen LogP contribution in [0.25, 0.3) is 0 Å². The van der Waals surface area contributed by atoms with E-state index in [0.717, 1.165) is 10.4 Å². The molecule has 2 aromatic rings. The average molecular weight is 348 g/mol. The zero-order valence-corrected chi connectivity index (χ0v) is 14.6. The second-order valence-corrected chi connectivity index (χ2v) is 5.86. The summed E-state index contributed by atoms with van der Waals surface area (Å²) in [4.78, 5) is 12.7. The van der Waals surface area contributed by atoms with Gasteiger partial charge in [0.25, 0.3) is 0 Å². The summed E-state index contributed by atoms with van der Waals surface area (Å²) in [5, 5.41) is 12.0. The van der Waals surface area contributed by atoms with Crippen molar-refractivity contribution in [2.45, 2.75) is 12.8 Å². The Morgan fingerprint density at radius 1 is 1.29 bits per heavy atom. The molecule has 24 heavy (non-hydrogen) atoms. The number of rotatable bonds is 7. The SMILES string of the molecule is CCOC(=O)/C=C/C(c1cc(OC)c(O)c(OC)c1)c1cccs1. The van der Waals surface area contributed by atoms with Gasteiger partial charge in [0.05, 0.1) is 20.8 Å². The number of thiophene rings is 1. The summed E-state index contributed by atoms with van der Waals surface area (Å²) < 4.78 is 15.4. The van der Waals surface area contributed by atoms with Crippen molar-refractivity contribution in [3.63, 3.8) is 0 Å². The third kappa shape index (κ3) is 4.08. The Kier molecular flexibility index (Phi) is 6.26. The maximum atomic E-state index is 11.7. The maximum absolute atomic E-state index is 11.7. The van der Waals surface area contributed by atoms with Crippen LogP contribution in [-0.2, 0) is 9.53 Å². The fourth-order valence-corrected chi connectivity index (χ4v) is 3.13. The number of aromatic hydroxyl groups is 1. The van der Waals surface area contributed by atoms with Crippen molar-refractivity contribution in [2.75, 3.05) is 20.8 Å². The Labute approximate surface area is 145 Å². The number of esters is 1. The first-order valence-electron chi connectivity index (χ1n) is 7.43. The van der Waals surface area contributed by atoms with Gasteiger partial charge in [-0.05, 0) is 36.1 Å². The van der Waals surface area contributed by atoms with Crippen LogP contribution in [-0.4, -0.2) is 31.9 Å². The molecule has 0 spiro atoms. The van der Waals surface area contributed by atoms with Crippen LogP contribution in [0.4, 0.5) is 0 Å². The van der Waals surface area contributed by atoms with Crippen molar-refractivity contribution in [3.05, 3.63) is 52.2 Å². The van der Waals surface area contributed by atoms with Crippen molar-refractivity contribution >= 4 is 17.3 Å². The molecule has 128 valence electrons. The molecule has 1 heterocycles. The van der Waals surface area contributed by atoms with Gasteiger partial charge in [-0.3, -0.25) is 0 Å². The molecule has 1 atom stereocenters. The van der Waals surface area contributed by atoms with Gasteiger partial charge in [-0.2, -0.15) is 0 Å². The molecule has 0 saturated heterocycles. The highest BCUT2D eigenvalue weighted by atomic mass is 32.1. The number of phenolic OH excluding ortho intramolecular Hbond substituents is 1. The zero-order valence-electron chi connectivity index (χ0n) is 13.8. The molecule has 0 saturated carbocycles. The molecule has 5 nitrogen and oxygen atoms in total. The van der Waals surface area contributed by atoms with Gasteiger partial charge in [-0.15, -0.1) is 11.3 Å². The van der Waals surface area contributed by atoms with E-state index >= 15 is 0 Å². The number of hydrogen-bond acceptors (Lipinski definition) is 6. The Morgan fingerprint density at radius 3 is 2.46 bits per heavy atom. The number of carbonyl (C=O) groups excluding carboxylic acids is 1. The summed E-state index contributed by atoms with van der Waals surface area (Å²) in [5.74, 6) is 0.00324.